The molecule has 0 heterocycles. The van der Waals surface area contributed by atoms with Crippen molar-refractivity contribution < 1.29 is 9.22 Å². The Labute approximate surface area is 88.2 Å². The van der Waals surface area contributed by atoms with E-state index >= 15 is 0 Å². The Morgan fingerprint density at radius 2 is 2.00 bits per heavy atom. The van der Waals surface area contributed by atoms with E-state index in [1.54, 1.807) is 0 Å². The average Bonchev–Trinajstić information content (AvgIpc) is 2.65. The molecule has 1 aliphatic rings. The summed E-state index contributed by atoms with van der Waals surface area (Å²) in [5, 5.41) is 0.279. The van der Waals surface area contributed by atoms with Crippen molar-refractivity contribution in [3.05, 3.63) is 0 Å². The van der Waals surface area contributed by atoms with E-state index in [0.29, 0.717) is 18.4 Å². The van der Waals surface area contributed by atoms with Crippen LogP contribution in [0.15, 0.2) is 0 Å². The third kappa shape index (κ3) is 2.67. The zero-order valence-electron chi connectivity index (χ0n) is 9.96. The van der Waals surface area contributed by atoms with Crippen molar-refractivity contribution in [3.63, 3.8) is 0 Å². The van der Waals surface area contributed by atoms with Gasteiger partial charge in [0.25, 0.3) is 0 Å². The molecule has 82 valence electrons. The van der Waals surface area contributed by atoms with Gasteiger partial charge >= 0.3 is 0 Å². The molecular weight excluding hydrogens is 192 g/mol. The molecule has 0 aromatic carbocycles. The van der Waals surface area contributed by atoms with Gasteiger partial charge in [-0.2, -0.15) is 0 Å². The molecule has 0 spiro atoms. The Balaban J connectivity index is 2.42. The summed E-state index contributed by atoms with van der Waals surface area (Å²) < 4.78 is 6.16. The van der Waals surface area contributed by atoms with Crippen LogP contribution in [0.3, 0.4) is 0 Å². The molecule has 0 N–H and O–H groups in total. The number of hydrogen-bond donors (Lipinski definition) is 0. The highest BCUT2D eigenvalue weighted by Gasteiger charge is 2.46. The number of carbonyl (C=O) groups excluding carboxylic acids is 1. The zero-order chi connectivity index (χ0) is 11.0. The van der Waals surface area contributed by atoms with Gasteiger partial charge in [-0.1, -0.05) is 20.8 Å². The Morgan fingerprint density at radius 3 is 2.43 bits per heavy atom. The summed E-state index contributed by atoms with van der Waals surface area (Å²) in [6, 6.07) is 0. The van der Waals surface area contributed by atoms with E-state index in [1.165, 1.54) is 0 Å². The molecule has 2 unspecified atom stereocenters. The lowest BCUT2D eigenvalue weighted by atomic mass is 10.2. The monoisotopic (exact) mass is 214 g/mol. The zero-order valence-corrected chi connectivity index (χ0v) is 11.0. The average molecular weight is 214 g/mol. The maximum atomic E-state index is 10.3. The lowest BCUT2D eigenvalue weighted by Gasteiger charge is -2.36. The molecule has 0 saturated heterocycles. The predicted octanol–water partition coefficient (Wildman–Crippen LogP) is 2.99. The molecule has 0 aliphatic heterocycles. The molecule has 0 radical (unpaired) electrons. The van der Waals surface area contributed by atoms with E-state index in [2.05, 4.69) is 33.9 Å². The normalized spacial score (nSPS) is 27.5. The fourth-order valence-corrected chi connectivity index (χ4v) is 2.69. The maximum absolute atomic E-state index is 10.3. The van der Waals surface area contributed by atoms with Crippen LogP contribution in [0.25, 0.3) is 0 Å². The van der Waals surface area contributed by atoms with Gasteiger partial charge in [0.05, 0.1) is 0 Å². The summed E-state index contributed by atoms with van der Waals surface area (Å²) >= 11 is 0. The van der Waals surface area contributed by atoms with Crippen LogP contribution in [0.4, 0.5) is 0 Å². The minimum Gasteiger partial charge on any atom is -0.414 e. The van der Waals surface area contributed by atoms with Crippen LogP contribution in [-0.2, 0) is 9.22 Å². The minimum absolute atomic E-state index is 0.279. The second-order valence-electron chi connectivity index (χ2n) is 5.81. The first kappa shape index (κ1) is 11.9. The van der Waals surface area contributed by atoms with E-state index in [-0.39, 0.29) is 5.04 Å². The number of hydrogen-bond acceptors (Lipinski definition) is 2. The van der Waals surface area contributed by atoms with Gasteiger partial charge in [0.15, 0.2) is 8.32 Å². The Morgan fingerprint density at radius 1 is 1.43 bits per heavy atom. The molecule has 1 fully saturated rings. The van der Waals surface area contributed by atoms with Gasteiger partial charge in [-0.05, 0) is 30.5 Å². The molecule has 3 heteroatoms. The van der Waals surface area contributed by atoms with Crippen LogP contribution in [0, 0.1) is 5.92 Å². The van der Waals surface area contributed by atoms with Gasteiger partial charge in [-0.15, -0.1) is 0 Å². The van der Waals surface area contributed by atoms with Crippen molar-refractivity contribution in [2.75, 3.05) is 0 Å². The molecule has 2 atom stereocenters. The van der Waals surface area contributed by atoms with Crippen molar-refractivity contribution in [1.82, 2.24) is 0 Å². The summed E-state index contributed by atoms with van der Waals surface area (Å²) in [5.74, 6) is 0.515. The Kier molecular flexibility index (Phi) is 3.22. The minimum atomic E-state index is -1.59. The molecule has 1 rings (SSSR count). The van der Waals surface area contributed by atoms with Gasteiger partial charge in [-0.25, -0.2) is 0 Å². The summed E-state index contributed by atoms with van der Waals surface area (Å²) in [6.07, 6.45) is 3.16. The lowest BCUT2D eigenvalue weighted by molar-refractivity contribution is -0.108. The van der Waals surface area contributed by atoms with Crippen molar-refractivity contribution in [2.24, 2.45) is 5.92 Å². The quantitative estimate of drug-likeness (QED) is 0.531. The van der Waals surface area contributed by atoms with E-state index in [4.69, 9.17) is 4.43 Å². The molecule has 0 aromatic rings. The fraction of sp³-hybridized carbons (Fsp3) is 0.909. The van der Waals surface area contributed by atoms with Crippen LogP contribution in [-0.4, -0.2) is 20.7 Å². The predicted molar refractivity (Wildman–Crippen MR) is 60.9 cm³/mol. The smallest absolute Gasteiger partial charge is 0.192 e. The summed E-state index contributed by atoms with van der Waals surface area (Å²) in [5.41, 5.74) is 0. The number of rotatable bonds is 4. The maximum Gasteiger partial charge on any atom is 0.192 e. The van der Waals surface area contributed by atoms with Gasteiger partial charge in [-0.3, -0.25) is 0 Å². The third-order valence-corrected chi connectivity index (χ3v) is 8.01. The highest BCUT2D eigenvalue weighted by atomic mass is 28.4. The molecule has 0 aromatic heterocycles. The van der Waals surface area contributed by atoms with Crippen LogP contribution < -0.4 is 0 Å². The first-order chi connectivity index (χ1) is 6.28. The first-order valence-corrected chi connectivity index (χ1v) is 8.30. The molecular formula is C11H22O2Si. The second kappa shape index (κ2) is 3.78. The van der Waals surface area contributed by atoms with E-state index in [9.17, 15) is 4.79 Å². The standard InChI is InChI=1S/C11H22O2Si/c1-11(2,3)14(4,5)13-10-8-9(10)6-7-12/h7,9-10H,6,8H2,1-5H3. The highest BCUT2D eigenvalue weighted by molar-refractivity contribution is 6.74. The molecule has 1 saturated carbocycles. The van der Waals surface area contributed by atoms with Crippen LogP contribution in [0.5, 0.6) is 0 Å². The molecule has 2 nitrogen and oxygen atoms in total. The highest BCUT2D eigenvalue weighted by Crippen LogP contribution is 2.44. The van der Waals surface area contributed by atoms with E-state index in [1.807, 2.05) is 0 Å². The van der Waals surface area contributed by atoms with Gasteiger partial charge in [0.2, 0.25) is 0 Å². The van der Waals surface area contributed by atoms with Gasteiger partial charge in [0, 0.05) is 12.5 Å². The Bertz CT molecular complexity index is 218. The van der Waals surface area contributed by atoms with Crippen molar-refractivity contribution in [2.45, 2.75) is 57.8 Å². The number of aldehydes is 1. The second-order valence-corrected chi connectivity index (χ2v) is 10.6. The molecule has 1 aliphatic carbocycles. The van der Waals surface area contributed by atoms with Crippen molar-refractivity contribution in [1.29, 1.82) is 0 Å². The third-order valence-electron chi connectivity index (χ3n) is 3.51. The largest absolute Gasteiger partial charge is 0.414 e. The van der Waals surface area contributed by atoms with Crippen LogP contribution in [0.1, 0.15) is 33.6 Å². The van der Waals surface area contributed by atoms with Crippen molar-refractivity contribution in [3.8, 4) is 0 Å². The lowest BCUT2D eigenvalue weighted by Crippen LogP contribution is -2.41. The van der Waals surface area contributed by atoms with Gasteiger partial charge < -0.3 is 9.22 Å². The summed E-state index contributed by atoms with van der Waals surface area (Å²) in [6.45, 7) is 11.3. The SMILES string of the molecule is CC(C)(C)[Si](C)(C)OC1CC1CC=O. The Hall–Kier alpha value is -0.153. The summed E-state index contributed by atoms with van der Waals surface area (Å²) in [7, 11) is -1.59. The number of carbonyl (C=O) groups is 1. The van der Waals surface area contributed by atoms with Crippen LogP contribution >= 0.6 is 0 Å². The first-order valence-electron chi connectivity index (χ1n) is 5.39. The van der Waals surface area contributed by atoms with E-state index in [0.717, 1.165) is 12.7 Å². The van der Waals surface area contributed by atoms with Gasteiger partial charge in [0.1, 0.15) is 6.29 Å². The topological polar surface area (TPSA) is 26.3 Å². The van der Waals surface area contributed by atoms with Crippen LogP contribution in [0.2, 0.25) is 18.1 Å². The summed E-state index contributed by atoms with van der Waals surface area (Å²) in [4.78, 5) is 10.3. The molecule has 14 heavy (non-hydrogen) atoms. The fourth-order valence-electron chi connectivity index (χ4n) is 1.29. The molecule has 0 amide bonds. The van der Waals surface area contributed by atoms with Crippen molar-refractivity contribution >= 4 is 14.6 Å². The van der Waals surface area contributed by atoms with E-state index < -0.39 is 8.32 Å². The molecule has 0 bridgehead atoms.